The van der Waals surface area contributed by atoms with Crippen LogP contribution in [0.3, 0.4) is 0 Å². The zero-order valence-corrected chi connectivity index (χ0v) is 33.7. The highest BCUT2D eigenvalue weighted by molar-refractivity contribution is 6.19. The van der Waals surface area contributed by atoms with Gasteiger partial charge in [0.25, 0.3) is 0 Å². The van der Waals surface area contributed by atoms with E-state index < -0.39 is 0 Å². The first-order chi connectivity index (χ1) is 30.8. The Morgan fingerprint density at radius 3 is 1.13 bits per heavy atom. The van der Waals surface area contributed by atoms with E-state index in [1.165, 1.54) is 43.8 Å². The number of para-hydroxylation sites is 4. The van der Waals surface area contributed by atoms with Gasteiger partial charge < -0.3 is 0 Å². The molecule has 0 spiro atoms. The fourth-order valence-corrected chi connectivity index (χ4v) is 9.35. The van der Waals surface area contributed by atoms with E-state index in [2.05, 4.69) is 240 Å². The minimum Gasteiger partial charge on any atom is -0.292 e. The number of aromatic nitrogens is 4. The summed E-state index contributed by atoms with van der Waals surface area (Å²) >= 11 is 0. The zero-order chi connectivity index (χ0) is 41.0. The number of benzene rings is 10. The van der Waals surface area contributed by atoms with Crippen LogP contribution in [0.4, 0.5) is 0 Å². The van der Waals surface area contributed by atoms with Gasteiger partial charge in [-0.2, -0.15) is 0 Å². The summed E-state index contributed by atoms with van der Waals surface area (Å²) in [5.41, 5.74) is 15.4. The molecule has 0 aliphatic heterocycles. The molecule has 0 radical (unpaired) electrons. The van der Waals surface area contributed by atoms with E-state index in [1.807, 2.05) is 0 Å². The van der Waals surface area contributed by atoms with Crippen molar-refractivity contribution < 1.29 is 0 Å². The topological polar surface area (TPSA) is 35.6 Å². The molecule has 290 valence electrons. The van der Waals surface area contributed by atoms with Crippen LogP contribution in [0.25, 0.3) is 111 Å². The van der Waals surface area contributed by atoms with Gasteiger partial charge in [0.2, 0.25) is 0 Å². The third-order valence-corrected chi connectivity index (χ3v) is 12.1. The molecule has 0 bridgehead atoms. The average Bonchev–Trinajstić information content (AvgIpc) is 3.94. The quantitative estimate of drug-likeness (QED) is 0.151. The Morgan fingerprint density at radius 1 is 0.274 bits per heavy atom. The summed E-state index contributed by atoms with van der Waals surface area (Å²) in [5.74, 6) is 1.84. The normalized spacial score (nSPS) is 11.5. The van der Waals surface area contributed by atoms with Gasteiger partial charge >= 0.3 is 0 Å². The van der Waals surface area contributed by atoms with Gasteiger partial charge in [0.15, 0.2) is 0 Å². The molecule has 4 heteroatoms. The van der Waals surface area contributed by atoms with Crippen molar-refractivity contribution in [3.8, 4) is 67.5 Å². The Bertz CT molecular complexity index is 3400. The van der Waals surface area contributed by atoms with Crippen molar-refractivity contribution in [3.63, 3.8) is 0 Å². The Balaban J connectivity index is 1.08. The highest BCUT2D eigenvalue weighted by atomic mass is 15.1. The molecule has 2 heterocycles. The molecule has 0 saturated heterocycles. The molecule has 0 atom stereocenters. The minimum atomic E-state index is 0.922. The maximum absolute atomic E-state index is 5.14. The third kappa shape index (κ3) is 5.92. The lowest BCUT2D eigenvalue weighted by atomic mass is 9.86. The largest absolute Gasteiger partial charge is 0.292 e. The second-order valence-electron chi connectivity index (χ2n) is 15.8. The molecule has 12 rings (SSSR count). The number of fused-ring (bicyclic) bond motifs is 4. The van der Waals surface area contributed by atoms with Crippen molar-refractivity contribution in [1.82, 2.24) is 19.1 Å². The number of hydrogen-bond acceptors (Lipinski definition) is 2. The summed E-state index contributed by atoms with van der Waals surface area (Å²) in [6.07, 6.45) is 0. The lowest BCUT2D eigenvalue weighted by Gasteiger charge is -2.18. The summed E-state index contributed by atoms with van der Waals surface area (Å²) in [6, 6.07) is 82.4. The highest BCUT2D eigenvalue weighted by Crippen LogP contribution is 2.44. The van der Waals surface area contributed by atoms with Crippen molar-refractivity contribution in [1.29, 1.82) is 0 Å². The zero-order valence-electron chi connectivity index (χ0n) is 33.7. The molecule has 0 N–H and O–H groups in total. The summed E-state index contributed by atoms with van der Waals surface area (Å²) in [5, 5.41) is 4.83. The van der Waals surface area contributed by atoms with Crippen LogP contribution < -0.4 is 0 Å². The van der Waals surface area contributed by atoms with Gasteiger partial charge in [-0.1, -0.05) is 176 Å². The molecule has 0 fully saturated rings. The summed E-state index contributed by atoms with van der Waals surface area (Å²) in [7, 11) is 0. The number of rotatable bonds is 7. The lowest BCUT2D eigenvalue weighted by Crippen LogP contribution is -1.98. The predicted molar refractivity (Wildman–Crippen MR) is 258 cm³/mol. The molecule has 4 nitrogen and oxygen atoms in total. The standard InChI is InChI=1S/C58H38N4/c1-4-18-39(19-5-1)56-48-30-16-28-46(42-24-14-26-44(36-42)61-54-34-12-10-32-52(54)59-57(61)40-20-6-2-7-21-40)50(48)38-51-47(29-17-31-49(51)56)43-25-15-27-45(37-43)62-55-35-13-11-33-53(55)60-58(62)41-22-8-3-9-23-41/h1-38H. The Hall–Kier alpha value is -8.34. The molecule has 0 amide bonds. The van der Waals surface area contributed by atoms with Crippen LogP contribution in [0.1, 0.15) is 0 Å². The van der Waals surface area contributed by atoms with Crippen molar-refractivity contribution in [3.05, 3.63) is 231 Å². The van der Waals surface area contributed by atoms with Gasteiger partial charge in [-0.05, 0) is 110 Å². The van der Waals surface area contributed by atoms with Gasteiger partial charge in [-0.15, -0.1) is 0 Å². The van der Waals surface area contributed by atoms with Gasteiger partial charge in [-0.25, -0.2) is 9.97 Å². The third-order valence-electron chi connectivity index (χ3n) is 12.1. The molecule has 0 saturated carbocycles. The van der Waals surface area contributed by atoms with Crippen molar-refractivity contribution in [2.45, 2.75) is 0 Å². The summed E-state index contributed by atoms with van der Waals surface area (Å²) < 4.78 is 4.59. The monoisotopic (exact) mass is 790 g/mol. The average molecular weight is 791 g/mol. The van der Waals surface area contributed by atoms with Crippen LogP contribution in [0.15, 0.2) is 231 Å². The second-order valence-corrected chi connectivity index (χ2v) is 15.8. The number of nitrogens with zero attached hydrogens (tertiary/aromatic N) is 4. The van der Waals surface area contributed by atoms with E-state index in [4.69, 9.17) is 9.97 Å². The SMILES string of the molecule is c1ccc(-c2c3cccc(-c4cccc(-n5c(-c6ccccc6)nc6ccccc65)c4)c3cc3c(-c4cccc(-n5c(-c6ccccc6)nc6ccccc65)c4)cccc23)cc1. The minimum absolute atomic E-state index is 0.922. The lowest BCUT2D eigenvalue weighted by molar-refractivity contribution is 1.10. The van der Waals surface area contributed by atoms with Gasteiger partial charge in [0.05, 0.1) is 22.1 Å². The van der Waals surface area contributed by atoms with Crippen molar-refractivity contribution >= 4 is 43.6 Å². The van der Waals surface area contributed by atoms with Gasteiger partial charge in [0.1, 0.15) is 11.6 Å². The Morgan fingerprint density at radius 2 is 0.661 bits per heavy atom. The maximum atomic E-state index is 5.14. The fraction of sp³-hybridized carbons (Fsp3) is 0. The smallest absolute Gasteiger partial charge is 0.145 e. The van der Waals surface area contributed by atoms with Gasteiger partial charge in [0, 0.05) is 22.5 Å². The van der Waals surface area contributed by atoms with Crippen LogP contribution in [-0.2, 0) is 0 Å². The molecule has 0 aliphatic carbocycles. The highest BCUT2D eigenvalue weighted by Gasteiger charge is 2.20. The molecular formula is C58H38N4. The van der Waals surface area contributed by atoms with Crippen LogP contribution in [0, 0.1) is 0 Å². The fourth-order valence-electron chi connectivity index (χ4n) is 9.35. The molecule has 0 unspecified atom stereocenters. The van der Waals surface area contributed by atoms with E-state index in [0.29, 0.717) is 0 Å². The van der Waals surface area contributed by atoms with Crippen molar-refractivity contribution in [2.24, 2.45) is 0 Å². The van der Waals surface area contributed by atoms with E-state index in [0.717, 1.165) is 67.3 Å². The molecule has 62 heavy (non-hydrogen) atoms. The first kappa shape index (κ1) is 35.6. The van der Waals surface area contributed by atoms with E-state index in [9.17, 15) is 0 Å². The molecule has 12 aromatic rings. The molecule has 0 aliphatic rings. The maximum Gasteiger partial charge on any atom is 0.145 e. The first-order valence-corrected chi connectivity index (χ1v) is 21.1. The number of hydrogen-bond donors (Lipinski definition) is 0. The van der Waals surface area contributed by atoms with Crippen LogP contribution >= 0.6 is 0 Å². The molecule has 10 aromatic carbocycles. The van der Waals surface area contributed by atoms with E-state index in [-0.39, 0.29) is 0 Å². The number of imidazole rings is 2. The molecular weight excluding hydrogens is 753 g/mol. The van der Waals surface area contributed by atoms with Crippen LogP contribution in [0.2, 0.25) is 0 Å². The van der Waals surface area contributed by atoms with E-state index in [1.54, 1.807) is 0 Å². The van der Waals surface area contributed by atoms with Gasteiger partial charge in [-0.3, -0.25) is 9.13 Å². The summed E-state index contributed by atoms with van der Waals surface area (Å²) in [6.45, 7) is 0. The van der Waals surface area contributed by atoms with Crippen LogP contribution in [-0.4, -0.2) is 19.1 Å². The van der Waals surface area contributed by atoms with Crippen LogP contribution in [0.5, 0.6) is 0 Å². The molecule has 2 aromatic heterocycles. The van der Waals surface area contributed by atoms with Crippen molar-refractivity contribution in [2.75, 3.05) is 0 Å². The Labute approximate surface area is 359 Å². The second kappa shape index (κ2) is 14.7. The Kier molecular flexibility index (Phi) is 8.46. The van der Waals surface area contributed by atoms with E-state index >= 15 is 0 Å². The predicted octanol–water partition coefficient (Wildman–Crippen LogP) is 15.0. The summed E-state index contributed by atoms with van der Waals surface area (Å²) in [4.78, 5) is 10.3. The first-order valence-electron chi connectivity index (χ1n) is 21.1.